The number of rotatable bonds is 1. The van der Waals surface area contributed by atoms with E-state index in [9.17, 15) is 4.39 Å². The summed E-state index contributed by atoms with van der Waals surface area (Å²) in [4.78, 5) is 7.78. The third kappa shape index (κ3) is 2.25. The normalized spacial score (nSPS) is 10.3. The van der Waals surface area contributed by atoms with Crippen molar-refractivity contribution in [2.24, 2.45) is 0 Å². The van der Waals surface area contributed by atoms with Crippen LogP contribution in [0.25, 0.3) is 11.3 Å². The smallest absolute Gasteiger partial charge is 0.148 e. The molecule has 2 nitrogen and oxygen atoms in total. The first-order valence-corrected chi connectivity index (χ1v) is 4.85. The van der Waals surface area contributed by atoms with Crippen molar-refractivity contribution < 1.29 is 4.39 Å². The fourth-order valence-electron chi connectivity index (χ4n) is 1.17. The maximum absolute atomic E-state index is 13.4. The average molecular weight is 243 g/mol. The lowest BCUT2D eigenvalue weighted by atomic mass is 10.1. The Bertz CT molecular complexity index is 503. The summed E-state index contributed by atoms with van der Waals surface area (Å²) in [6.07, 6.45) is 2.81. The van der Waals surface area contributed by atoms with Gasteiger partial charge < -0.3 is 0 Å². The van der Waals surface area contributed by atoms with E-state index >= 15 is 0 Å². The highest BCUT2D eigenvalue weighted by atomic mass is 35.5. The van der Waals surface area contributed by atoms with Crippen LogP contribution in [0.4, 0.5) is 4.39 Å². The highest BCUT2D eigenvalue weighted by molar-refractivity contribution is 6.31. The first kappa shape index (κ1) is 10.3. The Hall–Kier alpha value is -1.19. The molecule has 0 saturated heterocycles. The molecule has 0 amide bonds. The van der Waals surface area contributed by atoms with Gasteiger partial charge in [0.05, 0.1) is 18.1 Å². The van der Waals surface area contributed by atoms with Crippen molar-refractivity contribution in [3.8, 4) is 11.3 Å². The van der Waals surface area contributed by atoms with Crippen LogP contribution in [0, 0.1) is 5.82 Å². The fourth-order valence-corrected chi connectivity index (χ4v) is 1.49. The summed E-state index contributed by atoms with van der Waals surface area (Å²) < 4.78 is 13.4. The van der Waals surface area contributed by atoms with E-state index in [1.165, 1.54) is 30.6 Å². The van der Waals surface area contributed by atoms with Gasteiger partial charge in [0.25, 0.3) is 0 Å². The quantitative estimate of drug-likeness (QED) is 0.764. The lowest BCUT2D eigenvalue weighted by Gasteiger charge is -2.02. The van der Waals surface area contributed by atoms with Crippen LogP contribution in [0.3, 0.4) is 0 Å². The molecule has 0 aliphatic rings. The Kier molecular flexibility index (Phi) is 2.84. The van der Waals surface area contributed by atoms with Gasteiger partial charge in [-0.25, -0.2) is 9.37 Å². The highest BCUT2D eigenvalue weighted by Gasteiger charge is 2.07. The summed E-state index contributed by atoms with van der Waals surface area (Å²) in [5, 5.41) is 0.653. The van der Waals surface area contributed by atoms with Crippen molar-refractivity contribution in [3.05, 3.63) is 46.6 Å². The maximum atomic E-state index is 13.4. The van der Waals surface area contributed by atoms with Gasteiger partial charge in [0, 0.05) is 10.6 Å². The van der Waals surface area contributed by atoms with Gasteiger partial charge in [0.2, 0.25) is 0 Å². The maximum Gasteiger partial charge on any atom is 0.148 e. The van der Waals surface area contributed by atoms with Gasteiger partial charge in [-0.15, -0.1) is 0 Å². The topological polar surface area (TPSA) is 25.8 Å². The summed E-state index contributed by atoms with van der Waals surface area (Å²) in [6, 6.07) is 4.23. The molecule has 0 N–H and O–H groups in total. The molecule has 76 valence electrons. The zero-order valence-electron chi connectivity index (χ0n) is 7.42. The molecule has 0 aliphatic heterocycles. The van der Waals surface area contributed by atoms with E-state index < -0.39 is 5.82 Å². The monoisotopic (exact) mass is 242 g/mol. The van der Waals surface area contributed by atoms with Crippen molar-refractivity contribution in [2.45, 2.75) is 0 Å². The third-order valence-electron chi connectivity index (χ3n) is 1.81. The molecule has 1 aromatic carbocycles. The number of hydrogen-bond acceptors (Lipinski definition) is 2. The molecule has 15 heavy (non-hydrogen) atoms. The molecule has 0 atom stereocenters. The average Bonchev–Trinajstić information content (AvgIpc) is 2.22. The fraction of sp³-hybridized carbons (Fsp3) is 0. The second-order valence-electron chi connectivity index (χ2n) is 2.85. The lowest BCUT2D eigenvalue weighted by molar-refractivity contribution is 0.630. The Balaban J connectivity index is 2.58. The van der Waals surface area contributed by atoms with Crippen molar-refractivity contribution >= 4 is 23.2 Å². The SMILES string of the molecule is Fc1ccc(Cl)cc1-c1cncc(Cl)n1. The molecule has 5 heteroatoms. The molecule has 0 aliphatic carbocycles. The van der Waals surface area contributed by atoms with Gasteiger partial charge in [-0.1, -0.05) is 23.2 Å². The second-order valence-corrected chi connectivity index (χ2v) is 3.67. The molecule has 0 unspecified atom stereocenters. The number of nitrogens with zero attached hydrogens (tertiary/aromatic N) is 2. The highest BCUT2D eigenvalue weighted by Crippen LogP contribution is 2.24. The molecule has 1 heterocycles. The zero-order chi connectivity index (χ0) is 10.8. The van der Waals surface area contributed by atoms with Gasteiger partial charge >= 0.3 is 0 Å². The van der Waals surface area contributed by atoms with Crippen molar-refractivity contribution in [2.75, 3.05) is 0 Å². The minimum absolute atomic E-state index is 0.215. The first-order valence-electron chi connectivity index (χ1n) is 4.10. The standard InChI is InChI=1S/C10H5Cl2FN2/c11-6-1-2-8(13)7(3-6)9-4-14-5-10(12)15-9/h1-5H. The summed E-state index contributed by atoms with van der Waals surface area (Å²) in [5.41, 5.74) is 0.653. The van der Waals surface area contributed by atoms with Gasteiger partial charge in [0.1, 0.15) is 11.0 Å². The largest absolute Gasteiger partial charge is 0.259 e. The van der Waals surface area contributed by atoms with E-state index in [1.807, 2.05) is 0 Å². The van der Waals surface area contributed by atoms with Crippen LogP contribution >= 0.6 is 23.2 Å². The predicted octanol–water partition coefficient (Wildman–Crippen LogP) is 3.59. The number of benzene rings is 1. The third-order valence-corrected chi connectivity index (χ3v) is 2.23. The van der Waals surface area contributed by atoms with Crippen LogP contribution < -0.4 is 0 Å². The molecule has 0 radical (unpaired) electrons. The minimum Gasteiger partial charge on any atom is -0.259 e. The van der Waals surface area contributed by atoms with Gasteiger partial charge in [-0.2, -0.15) is 0 Å². The van der Waals surface area contributed by atoms with E-state index in [1.54, 1.807) is 0 Å². The summed E-state index contributed by atoms with van der Waals surface area (Å²) in [5.74, 6) is -0.407. The minimum atomic E-state index is -0.407. The summed E-state index contributed by atoms with van der Waals surface area (Å²) in [7, 11) is 0. The zero-order valence-corrected chi connectivity index (χ0v) is 8.93. The second kappa shape index (κ2) is 4.13. The molecule has 0 fully saturated rings. The molecular weight excluding hydrogens is 238 g/mol. The molecule has 2 aromatic rings. The van der Waals surface area contributed by atoms with Crippen LogP contribution in [-0.2, 0) is 0 Å². The van der Waals surface area contributed by atoms with Crippen LogP contribution in [-0.4, -0.2) is 9.97 Å². The number of aromatic nitrogens is 2. The lowest BCUT2D eigenvalue weighted by Crippen LogP contribution is -1.89. The van der Waals surface area contributed by atoms with E-state index in [-0.39, 0.29) is 10.7 Å². The van der Waals surface area contributed by atoms with E-state index in [0.29, 0.717) is 10.7 Å². The van der Waals surface area contributed by atoms with E-state index in [2.05, 4.69) is 9.97 Å². The Morgan fingerprint density at radius 3 is 2.67 bits per heavy atom. The Morgan fingerprint density at radius 1 is 1.13 bits per heavy atom. The molecule has 0 bridgehead atoms. The number of hydrogen-bond donors (Lipinski definition) is 0. The van der Waals surface area contributed by atoms with Crippen molar-refractivity contribution in [1.29, 1.82) is 0 Å². The van der Waals surface area contributed by atoms with E-state index in [4.69, 9.17) is 23.2 Å². The van der Waals surface area contributed by atoms with Crippen LogP contribution in [0.15, 0.2) is 30.6 Å². The van der Waals surface area contributed by atoms with Crippen LogP contribution in [0.1, 0.15) is 0 Å². The Morgan fingerprint density at radius 2 is 1.93 bits per heavy atom. The van der Waals surface area contributed by atoms with E-state index in [0.717, 1.165) is 0 Å². The molecule has 0 saturated carbocycles. The molecular formula is C10H5Cl2FN2. The Labute approximate surface area is 95.7 Å². The van der Waals surface area contributed by atoms with Crippen molar-refractivity contribution in [3.63, 3.8) is 0 Å². The molecule has 2 rings (SSSR count). The van der Waals surface area contributed by atoms with Gasteiger partial charge in [0.15, 0.2) is 0 Å². The summed E-state index contributed by atoms with van der Waals surface area (Å²) in [6.45, 7) is 0. The van der Waals surface area contributed by atoms with Crippen LogP contribution in [0.2, 0.25) is 10.2 Å². The first-order chi connectivity index (χ1) is 7.16. The predicted molar refractivity (Wildman–Crippen MR) is 57.4 cm³/mol. The van der Waals surface area contributed by atoms with Gasteiger partial charge in [-0.05, 0) is 18.2 Å². The molecule has 1 aromatic heterocycles. The van der Waals surface area contributed by atoms with Gasteiger partial charge in [-0.3, -0.25) is 4.98 Å². The number of halogens is 3. The van der Waals surface area contributed by atoms with Crippen LogP contribution in [0.5, 0.6) is 0 Å². The molecule has 0 spiro atoms. The van der Waals surface area contributed by atoms with Crippen molar-refractivity contribution in [1.82, 2.24) is 9.97 Å². The summed E-state index contributed by atoms with van der Waals surface area (Å²) >= 11 is 11.4.